The lowest BCUT2D eigenvalue weighted by atomic mass is 9.33. The summed E-state index contributed by atoms with van der Waals surface area (Å²) in [6.07, 6.45) is 0. The molecule has 17 aromatic rings. The van der Waals surface area contributed by atoms with Gasteiger partial charge in [-0.3, -0.25) is 0 Å². The summed E-state index contributed by atoms with van der Waals surface area (Å²) in [5, 5.41) is -1.42. The molecule has 0 N–H and O–H groups in total. The zero-order chi connectivity index (χ0) is 91.8. The molecule has 107 heavy (non-hydrogen) atoms. The van der Waals surface area contributed by atoms with Crippen molar-refractivity contribution in [1.82, 2.24) is 9.13 Å². The van der Waals surface area contributed by atoms with E-state index < -0.39 is 189 Å². The molecule has 4 nitrogen and oxygen atoms in total. The Balaban J connectivity index is 1.10. The Kier molecular flexibility index (Phi) is 10.7. The Hall–Kier alpha value is -12.4. The fourth-order valence-corrected chi connectivity index (χ4v) is 15.7. The van der Waals surface area contributed by atoms with Crippen LogP contribution in [-0.4, -0.2) is 15.8 Å². The summed E-state index contributed by atoms with van der Waals surface area (Å²) in [5.74, 6) is 0. The second-order valence-corrected chi connectivity index (χ2v) is 30.8. The molecular weight excluding hydrogens is 1290 g/mol. The maximum absolute atomic E-state index is 12.0. The molecule has 0 saturated carbocycles. The van der Waals surface area contributed by atoms with Crippen molar-refractivity contribution in [2.45, 2.75) is 78.6 Å². The molecule has 0 bridgehead atoms. The smallest absolute Gasteiger partial charge is 0.252 e. The van der Waals surface area contributed by atoms with Crippen LogP contribution in [0.4, 0.5) is 34.1 Å². The van der Waals surface area contributed by atoms with Crippen LogP contribution in [0.3, 0.4) is 0 Å². The monoisotopic (exact) mass is 1400 g/mol. The molecule has 0 unspecified atom stereocenters. The van der Waals surface area contributed by atoms with Crippen molar-refractivity contribution >= 4 is 101 Å². The zero-order valence-electron chi connectivity index (χ0n) is 82.5. The molecule has 15 aromatic carbocycles. The number of anilines is 6. The summed E-state index contributed by atoms with van der Waals surface area (Å²) < 4.78 is 224. The highest BCUT2D eigenvalue weighted by Crippen LogP contribution is 2.56. The fraction of sp³-hybridized carbons (Fsp3) is 0.118. The van der Waals surface area contributed by atoms with Crippen LogP contribution in [0.15, 0.2) is 339 Å². The third-order valence-electron chi connectivity index (χ3n) is 21.1. The lowest BCUT2D eigenvalue weighted by Gasteiger charge is -2.47. The highest BCUT2D eigenvalue weighted by atomic mass is 15.2. The van der Waals surface area contributed by atoms with Gasteiger partial charge in [0.1, 0.15) is 0 Å². The number of hydrogen-bond acceptors (Lipinski definition) is 2. The first-order valence-corrected chi connectivity index (χ1v) is 36.0. The molecular formula is C102H83BN4. The molecule has 4 heterocycles. The number of aromatic nitrogens is 2. The van der Waals surface area contributed by atoms with E-state index in [2.05, 4.69) is 77.9 Å². The molecule has 0 amide bonds. The van der Waals surface area contributed by atoms with Crippen molar-refractivity contribution in [2.24, 2.45) is 0 Å². The van der Waals surface area contributed by atoms with Gasteiger partial charge in [-0.2, -0.15) is 0 Å². The Morgan fingerprint density at radius 1 is 0.271 bits per heavy atom. The van der Waals surface area contributed by atoms with Crippen molar-refractivity contribution in [3.63, 3.8) is 0 Å². The van der Waals surface area contributed by atoms with Crippen LogP contribution in [-0.2, 0) is 16.2 Å². The van der Waals surface area contributed by atoms with Gasteiger partial charge in [0.25, 0.3) is 6.71 Å². The first-order chi connectivity index (χ1) is 61.2. The quantitative estimate of drug-likeness (QED) is 0.127. The highest BCUT2D eigenvalue weighted by Gasteiger charge is 2.47. The van der Waals surface area contributed by atoms with Crippen molar-refractivity contribution in [3.05, 3.63) is 356 Å². The first kappa shape index (κ1) is 45.7. The Morgan fingerprint density at radius 3 is 0.897 bits per heavy atom. The minimum atomic E-state index is -1.68. The highest BCUT2D eigenvalue weighted by molar-refractivity contribution is 7.00. The van der Waals surface area contributed by atoms with Crippen LogP contribution in [0.25, 0.3) is 122 Å². The lowest BCUT2D eigenvalue weighted by molar-refractivity contribution is 0.590. The summed E-state index contributed by atoms with van der Waals surface area (Å²) in [7, 11) is 0. The SMILES string of the molecule is [2H]c1c([2H])c(-n2c3c([2H])c([2H])c([2H])c([2H])c3c3c([2H])c([2H])c([2H])c([2H])c32)c([2H])c2c1B1c3c(cc(C(C)(C)C)cc3N(c3c(-c4cccc(-c5ccccc5)c4)cc(C(C)(C)C)cc3-c3cccc(-c4ccccc4)c3)c3c([2H])c(-n4c5c([2H])c([2H])c([2H])c([2H])c5c5c([2H])c([2H])c([2H])c([2H])c54)c([2H])c([2H])c31)N2c1c(-c2ccccc2)cc(C(C)(C)C)cc1-c1ccccc1. The second kappa shape index (κ2) is 25.1. The topological polar surface area (TPSA) is 16.3 Å². The van der Waals surface area contributed by atoms with Gasteiger partial charge < -0.3 is 18.9 Å². The molecule has 2 aliphatic rings. The maximum atomic E-state index is 12.0. The van der Waals surface area contributed by atoms with E-state index >= 15 is 0 Å². The molecule has 2 aromatic heterocycles. The first-order valence-electron chi connectivity index (χ1n) is 47.0. The standard InChI is InChI=1S/C102H83BN4/c1-100(2,3)74-58-83(68-36-18-12-19-37-68)98(84(59-74)69-38-20-13-21-39-69)106-93-64-77(104-89-48-26-22-44-79(89)80-45-23-27-49-90(80)104)52-54-87(93)103-88-55-53-78(105-91-50-28-24-46-81(91)82-47-25-29-51-92(82)105)65-94(88)107(96-63-76(102(7,8)9)62-95(106)97(96)103)99-85(72-42-30-40-70(56-72)66-32-14-10-15-33-66)60-75(101(4,5)6)61-86(99)73-43-31-41-71(57-73)67-34-16-11-17-35-67/h10-65H,1-9H3/i22D,23D,24D,25D,26D,27D,28D,29D,44D,45D,46D,47D,48D,49D,50D,51D,52D,53D,54D,55D,64D,65D. The maximum Gasteiger partial charge on any atom is 0.252 e. The zero-order valence-corrected chi connectivity index (χ0v) is 60.5. The molecule has 514 valence electrons. The molecule has 0 radical (unpaired) electrons. The summed E-state index contributed by atoms with van der Waals surface area (Å²) in [6, 6.07) is 51.7. The molecule has 0 fully saturated rings. The van der Waals surface area contributed by atoms with E-state index in [1.54, 1.807) is 0 Å². The van der Waals surface area contributed by atoms with Crippen LogP contribution in [0, 0.1) is 0 Å². The van der Waals surface area contributed by atoms with E-state index in [1.807, 2.05) is 200 Å². The molecule has 2 aliphatic heterocycles. The van der Waals surface area contributed by atoms with Crippen LogP contribution in [0.2, 0.25) is 0 Å². The Bertz CT molecular complexity index is 7450. The van der Waals surface area contributed by atoms with Crippen molar-refractivity contribution < 1.29 is 30.2 Å². The van der Waals surface area contributed by atoms with E-state index in [1.165, 1.54) is 0 Å². The number of nitrogens with zero attached hydrogens (tertiary/aromatic N) is 4. The van der Waals surface area contributed by atoms with Gasteiger partial charge in [0.2, 0.25) is 0 Å². The average molecular weight is 1400 g/mol. The van der Waals surface area contributed by atoms with Crippen LogP contribution < -0.4 is 26.2 Å². The predicted octanol–water partition coefficient (Wildman–Crippen LogP) is 25.9. The van der Waals surface area contributed by atoms with Gasteiger partial charge in [-0.1, -0.05) is 305 Å². The number of fused-ring (bicyclic) bond motifs is 10. The Morgan fingerprint density at radius 2 is 0.561 bits per heavy atom. The molecule has 0 spiro atoms. The minimum absolute atomic E-state index is 0.163. The van der Waals surface area contributed by atoms with Crippen LogP contribution >= 0.6 is 0 Å². The van der Waals surface area contributed by atoms with Gasteiger partial charge in [-0.05, 0) is 191 Å². The van der Waals surface area contributed by atoms with Crippen molar-refractivity contribution in [2.75, 3.05) is 9.80 Å². The van der Waals surface area contributed by atoms with E-state index in [-0.39, 0.29) is 43.8 Å². The summed E-state index contributed by atoms with van der Waals surface area (Å²) in [5.41, 5.74) is 6.78. The van der Waals surface area contributed by atoms with Gasteiger partial charge in [0.15, 0.2) is 0 Å². The third-order valence-corrected chi connectivity index (χ3v) is 21.1. The average Bonchev–Trinajstić information content (AvgIpc) is 1.14. The van der Waals surface area contributed by atoms with E-state index in [9.17, 15) is 27.4 Å². The molecule has 0 aliphatic carbocycles. The normalized spacial score (nSPS) is 15.7. The summed E-state index contributed by atoms with van der Waals surface area (Å²) in [4.78, 5) is 3.82. The second-order valence-electron chi connectivity index (χ2n) is 30.8. The van der Waals surface area contributed by atoms with Gasteiger partial charge in [-0.15, -0.1) is 0 Å². The Labute approximate surface area is 659 Å². The number of para-hydroxylation sites is 4. The summed E-state index contributed by atoms with van der Waals surface area (Å²) in [6.45, 7) is 17.1. The molecule has 19 rings (SSSR count). The van der Waals surface area contributed by atoms with E-state index in [4.69, 9.17) is 2.74 Å². The van der Waals surface area contributed by atoms with E-state index in [0.717, 1.165) is 42.5 Å². The fourth-order valence-electron chi connectivity index (χ4n) is 15.7. The van der Waals surface area contributed by atoms with Gasteiger partial charge >= 0.3 is 0 Å². The predicted molar refractivity (Wildman–Crippen MR) is 458 cm³/mol. The van der Waals surface area contributed by atoms with Gasteiger partial charge in [-0.25, -0.2) is 0 Å². The van der Waals surface area contributed by atoms with Crippen LogP contribution in [0.5, 0.6) is 0 Å². The van der Waals surface area contributed by atoms with Crippen molar-refractivity contribution in [3.8, 4) is 78.1 Å². The van der Waals surface area contributed by atoms with Crippen LogP contribution in [0.1, 0.15) is 109 Å². The third kappa shape index (κ3) is 11.0. The number of hydrogen-bond donors (Lipinski definition) is 0. The summed E-state index contributed by atoms with van der Waals surface area (Å²) >= 11 is 0. The molecule has 0 saturated heterocycles. The molecule has 0 atom stereocenters. The lowest BCUT2D eigenvalue weighted by Crippen LogP contribution is -2.61. The minimum Gasteiger partial charge on any atom is -0.310 e. The molecule has 5 heteroatoms. The largest absolute Gasteiger partial charge is 0.310 e. The van der Waals surface area contributed by atoms with Gasteiger partial charge in [0, 0.05) is 77.9 Å². The van der Waals surface area contributed by atoms with Gasteiger partial charge in [0.05, 0.1) is 63.6 Å². The number of rotatable bonds is 10. The number of benzene rings is 15. The van der Waals surface area contributed by atoms with Crippen molar-refractivity contribution in [1.29, 1.82) is 0 Å². The van der Waals surface area contributed by atoms with E-state index in [0.29, 0.717) is 78.3 Å².